The van der Waals surface area contributed by atoms with E-state index in [9.17, 15) is 4.79 Å². The summed E-state index contributed by atoms with van der Waals surface area (Å²) in [6.07, 6.45) is 0. The average molecular weight is 313 g/mol. The number of aromatic nitrogens is 7. The van der Waals surface area contributed by atoms with Crippen LogP contribution in [0.25, 0.3) is 28.1 Å². The molecular weight excluding hydrogens is 302 g/mol. The van der Waals surface area contributed by atoms with Crippen molar-refractivity contribution in [3.8, 4) is 23.0 Å². The molecule has 0 aliphatic rings. The molecule has 4 aromatic rings. The van der Waals surface area contributed by atoms with Gasteiger partial charge in [0.2, 0.25) is 0 Å². The van der Waals surface area contributed by atoms with Gasteiger partial charge in [0.05, 0.1) is 25.1 Å². The molecular formula is C13H11N7O3. The minimum atomic E-state index is -0.284. The monoisotopic (exact) mass is 313 g/mol. The SMILES string of the molecule is COc1cc2[nH]c3cc(-c4nnn[nH]4)nn3c(=O)c2cc1OC. The van der Waals surface area contributed by atoms with Crippen LogP contribution < -0.4 is 15.0 Å². The number of nitrogens with zero attached hydrogens (tertiary/aromatic N) is 5. The number of rotatable bonds is 3. The fourth-order valence-corrected chi connectivity index (χ4v) is 2.42. The van der Waals surface area contributed by atoms with Gasteiger partial charge in [-0.05, 0) is 16.5 Å². The smallest absolute Gasteiger partial charge is 0.282 e. The molecule has 0 saturated heterocycles. The summed E-state index contributed by atoms with van der Waals surface area (Å²) in [7, 11) is 3.05. The number of H-pyrrole nitrogens is 2. The van der Waals surface area contributed by atoms with Crippen LogP contribution in [0, 0.1) is 0 Å². The van der Waals surface area contributed by atoms with E-state index in [1.54, 1.807) is 18.2 Å². The Labute approximate surface area is 128 Å². The van der Waals surface area contributed by atoms with Gasteiger partial charge in [0.15, 0.2) is 17.3 Å². The second-order valence-corrected chi connectivity index (χ2v) is 4.76. The highest BCUT2D eigenvalue weighted by atomic mass is 16.5. The second kappa shape index (κ2) is 4.80. The molecule has 1 aromatic carbocycles. The van der Waals surface area contributed by atoms with Crippen molar-refractivity contribution in [2.45, 2.75) is 0 Å². The Hall–Kier alpha value is -3.43. The minimum Gasteiger partial charge on any atom is -0.493 e. The Morgan fingerprint density at radius 1 is 1.13 bits per heavy atom. The molecule has 0 aliphatic carbocycles. The average Bonchev–Trinajstić information content (AvgIpc) is 3.23. The zero-order valence-electron chi connectivity index (χ0n) is 12.2. The summed E-state index contributed by atoms with van der Waals surface area (Å²) < 4.78 is 11.8. The predicted molar refractivity (Wildman–Crippen MR) is 79.6 cm³/mol. The lowest BCUT2D eigenvalue weighted by molar-refractivity contribution is 0.355. The van der Waals surface area contributed by atoms with E-state index in [0.717, 1.165) is 0 Å². The van der Waals surface area contributed by atoms with Gasteiger partial charge in [-0.25, -0.2) is 5.10 Å². The van der Waals surface area contributed by atoms with Gasteiger partial charge in [-0.15, -0.1) is 5.10 Å². The zero-order valence-corrected chi connectivity index (χ0v) is 12.2. The first-order valence-electron chi connectivity index (χ1n) is 6.63. The summed E-state index contributed by atoms with van der Waals surface area (Å²) >= 11 is 0. The fourth-order valence-electron chi connectivity index (χ4n) is 2.42. The van der Waals surface area contributed by atoms with E-state index in [2.05, 4.69) is 30.7 Å². The molecule has 3 aromatic heterocycles. The Kier molecular flexibility index (Phi) is 2.76. The lowest BCUT2D eigenvalue weighted by Gasteiger charge is -2.09. The van der Waals surface area contributed by atoms with Crippen molar-refractivity contribution in [3.05, 3.63) is 28.6 Å². The number of nitrogens with one attached hydrogen (secondary N) is 2. The number of ether oxygens (including phenoxy) is 2. The zero-order chi connectivity index (χ0) is 16.0. The molecule has 10 heteroatoms. The molecule has 0 fully saturated rings. The predicted octanol–water partition coefficient (Wildman–Crippen LogP) is 0.373. The van der Waals surface area contributed by atoms with Crippen molar-refractivity contribution >= 4 is 16.6 Å². The number of aromatic amines is 2. The maximum Gasteiger partial charge on any atom is 0.282 e. The number of hydrogen-bond acceptors (Lipinski definition) is 7. The molecule has 4 rings (SSSR count). The molecule has 3 heterocycles. The lowest BCUT2D eigenvalue weighted by atomic mass is 10.2. The van der Waals surface area contributed by atoms with E-state index >= 15 is 0 Å². The second-order valence-electron chi connectivity index (χ2n) is 4.76. The molecule has 2 N–H and O–H groups in total. The van der Waals surface area contributed by atoms with Crippen LogP contribution in [0.4, 0.5) is 0 Å². The Balaban J connectivity index is 2.04. The quantitative estimate of drug-likeness (QED) is 0.560. The molecule has 0 spiro atoms. The van der Waals surface area contributed by atoms with Crippen LogP contribution in [0.5, 0.6) is 11.5 Å². The van der Waals surface area contributed by atoms with Gasteiger partial charge in [-0.3, -0.25) is 4.79 Å². The van der Waals surface area contributed by atoms with Crippen LogP contribution in [-0.2, 0) is 0 Å². The Bertz CT molecular complexity index is 1060. The number of benzene rings is 1. The number of tetrazole rings is 1. The summed E-state index contributed by atoms with van der Waals surface area (Å²) in [5, 5.41) is 18.1. The first-order valence-corrected chi connectivity index (χ1v) is 6.63. The normalized spacial score (nSPS) is 11.2. The van der Waals surface area contributed by atoms with Crippen molar-refractivity contribution in [3.63, 3.8) is 0 Å². The first kappa shape index (κ1) is 13.2. The molecule has 0 bridgehead atoms. The van der Waals surface area contributed by atoms with Gasteiger partial charge in [-0.1, -0.05) is 0 Å². The maximum absolute atomic E-state index is 12.7. The highest BCUT2D eigenvalue weighted by Gasteiger charge is 2.14. The van der Waals surface area contributed by atoms with Gasteiger partial charge in [-0.2, -0.15) is 9.61 Å². The molecule has 0 amide bonds. The molecule has 0 aliphatic heterocycles. The van der Waals surface area contributed by atoms with Gasteiger partial charge >= 0.3 is 0 Å². The minimum absolute atomic E-state index is 0.284. The van der Waals surface area contributed by atoms with Crippen molar-refractivity contribution in [2.24, 2.45) is 0 Å². The van der Waals surface area contributed by atoms with Gasteiger partial charge in [0.25, 0.3) is 5.56 Å². The molecule has 0 radical (unpaired) electrons. The van der Waals surface area contributed by atoms with Crippen LogP contribution in [0.2, 0.25) is 0 Å². The third-order valence-electron chi connectivity index (χ3n) is 3.51. The number of methoxy groups -OCH3 is 2. The fraction of sp³-hybridized carbons (Fsp3) is 0.154. The van der Waals surface area contributed by atoms with E-state index in [-0.39, 0.29) is 5.56 Å². The van der Waals surface area contributed by atoms with E-state index in [0.29, 0.717) is 39.6 Å². The Morgan fingerprint density at radius 3 is 2.61 bits per heavy atom. The van der Waals surface area contributed by atoms with Crippen LogP contribution in [0.1, 0.15) is 0 Å². The van der Waals surface area contributed by atoms with Crippen molar-refractivity contribution in [2.75, 3.05) is 14.2 Å². The van der Waals surface area contributed by atoms with Crippen molar-refractivity contribution in [1.29, 1.82) is 0 Å². The largest absolute Gasteiger partial charge is 0.493 e. The van der Waals surface area contributed by atoms with E-state index in [1.807, 2.05) is 0 Å². The Morgan fingerprint density at radius 2 is 1.91 bits per heavy atom. The van der Waals surface area contributed by atoms with Gasteiger partial charge < -0.3 is 14.5 Å². The summed E-state index contributed by atoms with van der Waals surface area (Å²) in [6, 6.07) is 5.00. The molecule has 23 heavy (non-hydrogen) atoms. The van der Waals surface area contributed by atoms with Crippen LogP contribution in [-0.4, -0.2) is 49.4 Å². The topological polar surface area (TPSA) is 123 Å². The van der Waals surface area contributed by atoms with Gasteiger partial charge in [0, 0.05) is 12.1 Å². The van der Waals surface area contributed by atoms with Crippen molar-refractivity contribution < 1.29 is 9.47 Å². The van der Waals surface area contributed by atoms with E-state index in [4.69, 9.17) is 9.47 Å². The van der Waals surface area contributed by atoms with Crippen LogP contribution >= 0.6 is 0 Å². The molecule has 116 valence electrons. The maximum atomic E-state index is 12.7. The highest BCUT2D eigenvalue weighted by molar-refractivity contribution is 5.83. The van der Waals surface area contributed by atoms with E-state index < -0.39 is 0 Å². The molecule has 10 nitrogen and oxygen atoms in total. The number of fused-ring (bicyclic) bond motifs is 2. The molecule has 0 atom stereocenters. The molecule has 0 saturated carbocycles. The third-order valence-corrected chi connectivity index (χ3v) is 3.51. The standard InChI is InChI=1S/C13H11N7O3/c1-22-9-3-6-7(4-10(9)23-2)14-11-5-8(12-15-18-19-16-12)17-20(11)13(6)21/h3-5,14H,1-2H3,(H,15,16,18,19). The lowest BCUT2D eigenvalue weighted by Crippen LogP contribution is -2.15. The summed E-state index contributed by atoms with van der Waals surface area (Å²) in [6.45, 7) is 0. The van der Waals surface area contributed by atoms with E-state index in [1.165, 1.54) is 18.7 Å². The first-order chi connectivity index (χ1) is 11.2. The third kappa shape index (κ3) is 1.92. The highest BCUT2D eigenvalue weighted by Crippen LogP contribution is 2.30. The number of hydrogen-bond donors (Lipinski definition) is 2. The van der Waals surface area contributed by atoms with Crippen LogP contribution in [0.15, 0.2) is 23.0 Å². The summed E-state index contributed by atoms with van der Waals surface area (Å²) in [4.78, 5) is 15.8. The van der Waals surface area contributed by atoms with Crippen LogP contribution in [0.3, 0.4) is 0 Å². The summed E-state index contributed by atoms with van der Waals surface area (Å²) in [5.74, 6) is 1.37. The van der Waals surface area contributed by atoms with Crippen molar-refractivity contribution in [1.82, 2.24) is 35.2 Å². The van der Waals surface area contributed by atoms with Gasteiger partial charge in [0.1, 0.15) is 11.3 Å². The molecule has 0 unspecified atom stereocenters. The summed E-state index contributed by atoms with van der Waals surface area (Å²) in [5.41, 5.74) is 1.30.